The van der Waals surface area contributed by atoms with Gasteiger partial charge in [0.1, 0.15) is 0 Å². The van der Waals surface area contributed by atoms with E-state index in [2.05, 4.69) is 6.92 Å². The number of rotatable bonds is 1. The molecule has 3 nitrogen and oxygen atoms in total. The molecule has 0 aromatic carbocycles. The molecule has 0 aromatic heterocycles. The molecule has 0 aliphatic heterocycles. The summed E-state index contributed by atoms with van der Waals surface area (Å²) in [5, 5.41) is 0. The monoisotopic (exact) mass is 204 g/mol. The molecule has 1 aliphatic carbocycles. The van der Waals surface area contributed by atoms with E-state index in [-0.39, 0.29) is 10.8 Å². The molecule has 0 spiro atoms. The van der Waals surface area contributed by atoms with Crippen molar-refractivity contribution in [2.45, 2.75) is 33.6 Å². The summed E-state index contributed by atoms with van der Waals surface area (Å²) in [4.78, 5) is 0.241. The predicted octanol–water partition coefficient (Wildman–Crippen LogP) is 2.21. The van der Waals surface area contributed by atoms with E-state index in [9.17, 15) is 8.42 Å². The smallest absolute Gasteiger partial charge is 0.282 e. The van der Waals surface area contributed by atoms with E-state index < -0.39 is 10.1 Å². The Bertz CT molecular complexity index is 327. The van der Waals surface area contributed by atoms with Crippen molar-refractivity contribution in [2.24, 2.45) is 11.8 Å². The standard InChI is InChI=1S/C9H16O3S/c1-6-4-7(2)9(8(3)5-6)13(10,11)12/h6-7H,4-5H2,1-3H3,(H,10,11,12). The molecule has 4 heteroatoms. The average molecular weight is 204 g/mol. The second-order valence-electron chi connectivity index (χ2n) is 4.07. The van der Waals surface area contributed by atoms with Crippen LogP contribution in [0.5, 0.6) is 0 Å². The van der Waals surface area contributed by atoms with Gasteiger partial charge in [-0.2, -0.15) is 8.42 Å². The van der Waals surface area contributed by atoms with Crippen LogP contribution < -0.4 is 0 Å². The quantitative estimate of drug-likeness (QED) is 0.666. The van der Waals surface area contributed by atoms with Crippen LogP contribution in [0.15, 0.2) is 10.5 Å². The summed E-state index contributed by atoms with van der Waals surface area (Å²) in [6.45, 7) is 5.73. The maximum atomic E-state index is 11.0. The average Bonchev–Trinajstić information content (AvgIpc) is 1.78. The zero-order chi connectivity index (χ0) is 10.2. The van der Waals surface area contributed by atoms with Crippen LogP contribution in [0.2, 0.25) is 0 Å². The summed E-state index contributed by atoms with van der Waals surface area (Å²) < 4.78 is 31.0. The first kappa shape index (κ1) is 10.7. The molecule has 0 fully saturated rings. The molecular weight excluding hydrogens is 188 g/mol. The first-order chi connectivity index (χ1) is 5.82. The van der Waals surface area contributed by atoms with Gasteiger partial charge in [0.05, 0.1) is 4.91 Å². The minimum Gasteiger partial charge on any atom is -0.282 e. The normalized spacial score (nSPS) is 30.8. The lowest BCUT2D eigenvalue weighted by atomic mass is 9.85. The van der Waals surface area contributed by atoms with E-state index in [1.54, 1.807) is 6.92 Å². The van der Waals surface area contributed by atoms with Crippen molar-refractivity contribution in [3.63, 3.8) is 0 Å². The molecule has 2 atom stereocenters. The highest BCUT2D eigenvalue weighted by atomic mass is 32.2. The Kier molecular flexibility index (Phi) is 2.82. The summed E-state index contributed by atoms with van der Waals surface area (Å²) >= 11 is 0. The molecule has 13 heavy (non-hydrogen) atoms. The topological polar surface area (TPSA) is 54.4 Å². The molecule has 1 aliphatic rings. The van der Waals surface area contributed by atoms with Gasteiger partial charge in [-0.25, -0.2) is 0 Å². The second kappa shape index (κ2) is 3.42. The van der Waals surface area contributed by atoms with Crippen LogP contribution in [0, 0.1) is 11.8 Å². The van der Waals surface area contributed by atoms with Crippen LogP contribution >= 0.6 is 0 Å². The van der Waals surface area contributed by atoms with Crippen molar-refractivity contribution in [3.05, 3.63) is 10.5 Å². The Labute approximate surface area is 79.6 Å². The van der Waals surface area contributed by atoms with Crippen LogP contribution in [0.25, 0.3) is 0 Å². The Morgan fingerprint density at radius 3 is 2.31 bits per heavy atom. The van der Waals surface area contributed by atoms with Gasteiger partial charge >= 0.3 is 0 Å². The fourth-order valence-electron chi connectivity index (χ4n) is 2.31. The van der Waals surface area contributed by atoms with E-state index >= 15 is 0 Å². The third-order valence-electron chi connectivity index (χ3n) is 2.56. The van der Waals surface area contributed by atoms with E-state index in [0.29, 0.717) is 5.92 Å². The largest absolute Gasteiger partial charge is 0.290 e. The van der Waals surface area contributed by atoms with Gasteiger partial charge in [-0.05, 0) is 31.6 Å². The Morgan fingerprint density at radius 2 is 1.92 bits per heavy atom. The minimum absolute atomic E-state index is 0.0428. The molecule has 1 N–H and O–H groups in total. The molecule has 0 bridgehead atoms. The number of hydrogen-bond donors (Lipinski definition) is 1. The molecular formula is C9H16O3S. The zero-order valence-electron chi connectivity index (χ0n) is 8.24. The van der Waals surface area contributed by atoms with Crippen LogP contribution in [0.3, 0.4) is 0 Å². The van der Waals surface area contributed by atoms with E-state index in [1.807, 2.05) is 6.92 Å². The minimum atomic E-state index is -3.97. The van der Waals surface area contributed by atoms with Crippen LogP contribution in [-0.2, 0) is 10.1 Å². The van der Waals surface area contributed by atoms with Crippen molar-refractivity contribution >= 4 is 10.1 Å². The van der Waals surface area contributed by atoms with Gasteiger partial charge < -0.3 is 0 Å². The molecule has 0 saturated heterocycles. The van der Waals surface area contributed by atoms with Crippen LogP contribution in [0.4, 0.5) is 0 Å². The molecule has 0 radical (unpaired) electrons. The van der Waals surface area contributed by atoms with Gasteiger partial charge in [0.15, 0.2) is 0 Å². The highest BCUT2D eigenvalue weighted by molar-refractivity contribution is 7.89. The predicted molar refractivity (Wildman–Crippen MR) is 51.8 cm³/mol. The molecule has 0 saturated carbocycles. The molecule has 76 valence electrons. The van der Waals surface area contributed by atoms with Gasteiger partial charge in [0.2, 0.25) is 0 Å². The lowest BCUT2D eigenvalue weighted by Gasteiger charge is -2.26. The van der Waals surface area contributed by atoms with Crippen molar-refractivity contribution in [3.8, 4) is 0 Å². The van der Waals surface area contributed by atoms with Gasteiger partial charge in [0, 0.05) is 0 Å². The van der Waals surface area contributed by atoms with Gasteiger partial charge in [-0.15, -0.1) is 0 Å². The summed E-state index contributed by atoms with van der Waals surface area (Å²) in [6, 6.07) is 0. The lowest BCUT2D eigenvalue weighted by Crippen LogP contribution is -2.20. The van der Waals surface area contributed by atoms with Gasteiger partial charge in [0.25, 0.3) is 10.1 Å². The molecule has 0 aromatic rings. The van der Waals surface area contributed by atoms with Crippen molar-refractivity contribution in [1.29, 1.82) is 0 Å². The Morgan fingerprint density at radius 1 is 1.38 bits per heavy atom. The van der Waals surface area contributed by atoms with E-state index in [4.69, 9.17) is 4.55 Å². The van der Waals surface area contributed by atoms with Gasteiger partial charge in [-0.3, -0.25) is 4.55 Å². The van der Waals surface area contributed by atoms with Crippen molar-refractivity contribution in [1.82, 2.24) is 0 Å². The zero-order valence-corrected chi connectivity index (χ0v) is 9.06. The number of hydrogen-bond acceptors (Lipinski definition) is 2. The van der Waals surface area contributed by atoms with Crippen molar-refractivity contribution in [2.75, 3.05) is 0 Å². The molecule has 1 rings (SSSR count). The molecule has 0 heterocycles. The highest BCUT2D eigenvalue weighted by Crippen LogP contribution is 2.35. The maximum absolute atomic E-state index is 11.0. The van der Waals surface area contributed by atoms with E-state index in [1.165, 1.54) is 0 Å². The first-order valence-electron chi connectivity index (χ1n) is 4.49. The third-order valence-corrected chi connectivity index (χ3v) is 3.86. The molecule has 2 unspecified atom stereocenters. The van der Waals surface area contributed by atoms with Crippen LogP contribution in [0.1, 0.15) is 33.6 Å². The van der Waals surface area contributed by atoms with Crippen molar-refractivity contribution < 1.29 is 13.0 Å². The highest BCUT2D eigenvalue weighted by Gasteiger charge is 2.29. The number of allylic oxidation sites excluding steroid dienone is 2. The fraction of sp³-hybridized carbons (Fsp3) is 0.778. The maximum Gasteiger partial charge on any atom is 0.290 e. The summed E-state index contributed by atoms with van der Waals surface area (Å²) in [5.41, 5.74) is 0.814. The van der Waals surface area contributed by atoms with E-state index in [0.717, 1.165) is 18.4 Å². The van der Waals surface area contributed by atoms with Crippen LogP contribution in [-0.4, -0.2) is 13.0 Å². The summed E-state index contributed by atoms with van der Waals surface area (Å²) in [7, 11) is -3.97. The first-order valence-corrected chi connectivity index (χ1v) is 5.93. The Hall–Kier alpha value is -0.350. The fourth-order valence-corrected chi connectivity index (χ4v) is 3.44. The summed E-state index contributed by atoms with van der Waals surface area (Å²) in [6.07, 6.45) is 1.62. The SMILES string of the molecule is CC1=C(S(=O)(=O)O)C(C)CC(C)C1. The third kappa shape index (κ3) is 2.31. The Balaban J connectivity index is 3.13. The lowest BCUT2D eigenvalue weighted by molar-refractivity contribution is 0.413. The summed E-state index contributed by atoms with van der Waals surface area (Å²) in [5.74, 6) is 0.472. The van der Waals surface area contributed by atoms with Gasteiger partial charge in [-0.1, -0.05) is 19.4 Å². The second-order valence-corrected chi connectivity index (χ2v) is 5.46. The molecule has 0 amide bonds.